The van der Waals surface area contributed by atoms with Crippen LogP contribution in [0.15, 0.2) is 188 Å². The summed E-state index contributed by atoms with van der Waals surface area (Å²) < 4.78 is 4.94. The topological polar surface area (TPSA) is 38.7 Å². The lowest BCUT2D eigenvalue weighted by Crippen LogP contribution is -2.00. The summed E-state index contributed by atoms with van der Waals surface area (Å²) in [5.74, 6) is 1.96. The minimum atomic E-state index is 0.650. The van der Waals surface area contributed by atoms with Crippen molar-refractivity contribution in [3.05, 3.63) is 188 Å². The highest BCUT2D eigenvalue weighted by atomic mass is 32.1. The van der Waals surface area contributed by atoms with E-state index in [1.54, 1.807) is 11.3 Å². The van der Waals surface area contributed by atoms with E-state index in [1.165, 1.54) is 68.3 Å². The smallest absolute Gasteiger partial charge is 0.164 e. The van der Waals surface area contributed by atoms with Gasteiger partial charge in [0.15, 0.2) is 17.5 Å². The molecule has 3 aromatic heterocycles. The molecular weight excluding hydrogens is 719 g/mol. The van der Waals surface area contributed by atoms with Crippen LogP contribution in [-0.2, 0) is 0 Å². The van der Waals surface area contributed by atoms with E-state index in [4.69, 9.17) is 15.0 Å². The monoisotopic (exact) mass is 749 g/mol. The van der Waals surface area contributed by atoms with E-state index in [0.717, 1.165) is 22.1 Å². The molecule has 0 fully saturated rings. The van der Waals surface area contributed by atoms with Gasteiger partial charge in [0.1, 0.15) is 0 Å². The molecule has 0 bridgehead atoms. The maximum absolute atomic E-state index is 5.35. The largest absolute Gasteiger partial charge is 0.208 e. The fourth-order valence-corrected chi connectivity index (χ4v) is 10.4. The summed E-state index contributed by atoms with van der Waals surface area (Å²) in [4.78, 5) is 15.8. The maximum Gasteiger partial charge on any atom is 0.164 e. The van der Waals surface area contributed by atoms with Gasteiger partial charge in [0.05, 0.1) is 0 Å². The highest BCUT2D eigenvalue weighted by Crippen LogP contribution is 2.49. The van der Waals surface area contributed by atoms with Gasteiger partial charge in [0.2, 0.25) is 0 Å². The maximum atomic E-state index is 5.35. The average Bonchev–Trinajstić information content (AvgIpc) is 3.85. The third kappa shape index (κ3) is 5.60. The molecule has 262 valence electrons. The second-order valence-electron chi connectivity index (χ2n) is 13.9. The molecule has 0 aliphatic carbocycles. The van der Waals surface area contributed by atoms with Gasteiger partial charge in [-0.3, -0.25) is 0 Å². The first-order valence-electron chi connectivity index (χ1n) is 18.7. The summed E-state index contributed by atoms with van der Waals surface area (Å²) in [6.07, 6.45) is 0. The van der Waals surface area contributed by atoms with Gasteiger partial charge < -0.3 is 0 Å². The molecule has 0 aliphatic heterocycles. The molecule has 0 saturated carbocycles. The first-order chi connectivity index (χ1) is 27.7. The highest BCUT2D eigenvalue weighted by Gasteiger charge is 2.22. The van der Waals surface area contributed by atoms with Crippen LogP contribution in [0.3, 0.4) is 0 Å². The van der Waals surface area contributed by atoms with Crippen LogP contribution in [0.25, 0.3) is 108 Å². The molecule has 0 saturated heterocycles. The Morgan fingerprint density at radius 3 is 1.55 bits per heavy atom. The van der Waals surface area contributed by atoms with Crippen molar-refractivity contribution in [1.82, 2.24) is 15.0 Å². The first kappa shape index (κ1) is 32.6. The summed E-state index contributed by atoms with van der Waals surface area (Å²) in [7, 11) is 0. The molecule has 0 unspecified atom stereocenters. The van der Waals surface area contributed by atoms with Gasteiger partial charge in [-0.05, 0) is 58.1 Å². The van der Waals surface area contributed by atoms with E-state index in [1.807, 2.05) is 29.5 Å². The summed E-state index contributed by atoms with van der Waals surface area (Å²) in [5, 5.41) is 4.86. The van der Waals surface area contributed by atoms with Crippen molar-refractivity contribution < 1.29 is 0 Å². The Morgan fingerprint density at radius 1 is 0.286 bits per heavy atom. The van der Waals surface area contributed by atoms with E-state index in [0.29, 0.717) is 17.5 Å². The molecule has 0 N–H and O–H groups in total. The average molecular weight is 750 g/mol. The zero-order valence-electron chi connectivity index (χ0n) is 30.1. The fourth-order valence-electron chi connectivity index (χ4n) is 7.85. The third-order valence-corrected chi connectivity index (χ3v) is 12.9. The van der Waals surface area contributed by atoms with Gasteiger partial charge >= 0.3 is 0 Å². The lowest BCUT2D eigenvalue weighted by atomic mass is 9.93. The van der Waals surface area contributed by atoms with Crippen LogP contribution in [0.4, 0.5) is 0 Å². The molecule has 3 nitrogen and oxygen atoms in total. The van der Waals surface area contributed by atoms with E-state index in [-0.39, 0.29) is 0 Å². The van der Waals surface area contributed by atoms with Crippen LogP contribution in [0.5, 0.6) is 0 Å². The van der Waals surface area contributed by atoms with Crippen molar-refractivity contribution in [3.63, 3.8) is 0 Å². The first-order valence-corrected chi connectivity index (χ1v) is 20.3. The van der Waals surface area contributed by atoms with Crippen LogP contribution in [0, 0.1) is 0 Å². The lowest BCUT2D eigenvalue weighted by molar-refractivity contribution is 1.08. The van der Waals surface area contributed by atoms with Crippen molar-refractivity contribution in [2.75, 3.05) is 0 Å². The molecule has 5 heteroatoms. The second-order valence-corrected chi connectivity index (χ2v) is 16.1. The Kier molecular flexibility index (Phi) is 7.87. The van der Waals surface area contributed by atoms with Crippen LogP contribution < -0.4 is 0 Å². The molecule has 3 heterocycles. The number of benzene rings is 8. The minimum absolute atomic E-state index is 0.650. The number of fused-ring (bicyclic) bond motifs is 6. The molecule has 0 aliphatic rings. The lowest BCUT2D eigenvalue weighted by Gasteiger charge is -2.12. The number of hydrogen-bond donors (Lipinski definition) is 0. The SMILES string of the molecule is c1ccc(-c2cc(-c3ccccc3)c3sc4c(-c5ccccc5)ccc(-c5nc(-c6ccccc6)nc(-c6ccc7c(c6)sc6ccccc67)n5)c4c3c2)cc1. The zero-order valence-corrected chi connectivity index (χ0v) is 31.7. The molecule has 0 radical (unpaired) electrons. The molecule has 11 aromatic rings. The van der Waals surface area contributed by atoms with Gasteiger partial charge in [-0.15, -0.1) is 22.7 Å². The van der Waals surface area contributed by atoms with Gasteiger partial charge in [-0.1, -0.05) is 158 Å². The van der Waals surface area contributed by atoms with E-state index < -0.39 is 0 Å². The second kappa shape index (κ2) is 13.5. The number of nitrogens with zero attached hydrogens (tertiary/aromatic N) is 3. The Balaban J connectivity index is 1.22. The quantitative estimate of drug-likeness (QED) is 0.170. The van der Waals surface area contributed by atoms with Crippen molar-refractivity contribution in [1.29, 1.82) is 0 Å². The molecule has 0 atom stereocenters. The molecule has 0 spiro atoms. The van der Waals surface area contributed by atoms with Crippen molar-refractivity contribution in [2.24, 2.45) is 0 Å². The van der Waals surface area contributed by atoms with E-state index in [9.17, 15) is 0 Å². The summed E-state index contributed by atoms with van der Waals surface area (Å²) in [6, 6.07) is 66.8. The van der Waals surface area contributed by atoms with Crippen LogP contribution >= 0.6 is 22.7 Å². The number of hydrogen-bond acceptors (Lipinski definition) is 5. The van der Waals surface area contributed by atoms with Gasteiger partial charge in [0.25, 0.3) is 0 Å². The standard InChI is InChI=1S/C51H31N3S2/c1-5-15-32(16-6-1)37-29-42(34-19-9-3-10-20-34)47-43(30-37)46-41(28-27-38(48(46)56-47)33-17-7-2-8-18-33)51-53-49(35-21-11-4-12-22-35)52-50(54-51)36-25-26-40-39-23-13-14-24-44(39)55-45(40)31-36/h1-31H. The fraction of sp³-hybridized carbons (Fsp3) is 0. The Bertz CT molecular complexity index is 3230. The predicted molar refractivity (Wildman–Crippen MR) is 238 cm³/mol. The predicted octanol–water partition coefficient (Wildman–Crippen LogP) is 14.6. The number of aromatic nitrogens is 3. The minimum Gasteiger partial charge on any atom is -0.208 e. The Hall–Kier alpha value is -6.79. The summed E-state index contributed by atoms with van der Waals surface area (Å²) in [5.41, 5.74) is 10.0. The van der Waals surface area contributed by atoms with Crippen molar-refractivity contribution in [2.45, 2.75) is 0 Å². The Labute approximate surface area is 331 Å². The zero-order chi connectivity index (χ0) is 37.0. The molecule has 0 amide bonds. The van der Waals surface area contributed by atoms with Crippen LogP contribution in [-0.4, -0.2) is 15.0 Å². The van der Waals surface area contributed by atoms with Gasteiger partial charge in [-0.25, -0.2) is 15.0 Å². The van der Waals surface area contributed by atoms with Crippen molar-refractivity contribution in [3.8, 4) is 67.5 Å². The molecule has 11 rings (SSSR count). The van der Waals surface area contributed by atoms with Crippen LogP contribution in [0.2, 0.25) is 0 Å². The molecule has 8 aromatic carbocycles. The number of thiophene rings is 2. The number of rotatable bonds is 6. The Morgan fingerprint density at radius 2 is 0.839 bits per heavy atom. The molecular formula is C51H31N3S2. The summed E-state index contributed by atoms with van der Waals surface area (Å²) >= 11 is 3.66. The van der Waals surface area contributed by atoms with Gasteiger partial charge in [0, 0.05) is 62.6 Å². The van der Waals surface area contributed by atoms with Crippen molar-refractivity contribution >= 4 is 63.0 Å². The van der Waals surface area contributed by atoms with Crippen LogP contribution in [0.1, 0.15) is 0 Å². The molecule has 56 heavy (non-hydrogen) atoms. The van der Waals surface area contributed by atoms with E-state index >= 15 is 0 Å². The van der Waals surface area contributed by atoms with E-state index in [2.05, 4.69) is 170 Å². The van der Waals surface area contributed by atoms with Gasteiger partial charge in [-0.2, -0.15) is 0 Å². The highest BCUT2D eigenvalue weighted by molar-refractivity contribution is 7.27. The normalized spacial score (nSPS) is 11.6. The third-order valence-electron chi connectivity index (χ3n) is 10.5. The summed E-state index contributed by atoms with van der Waals surface area (Å²) in [6.45, 7) is 0.